The number of nitrogens with two attached hydrogens (primary N) is 1. The Bertz CT molecular complexity index is 442. The fraction of sp³-hybridized carbons (Fsp3) is 0.417. The molecule has 1 aromatic carbocycles. The quantitative estimate of drug-likeness (QED) is 0.785. The fourth-order valence-corrected chi connectivity index (χ4v) is 2.34. The van der Waals surface area contributed by atoms with Crippen LogP contribution in [-0.2, 0) is 4.74 Å². The lowest BCUT2D eigenvalue weighted by atomic mass is 10.1. The van der Waals surface area contributed by atoms with Crippen molar-refractivity contribution in [3.8, 4) is 0 Å². The lowest BCUT2D eigenvalue weighted by Crippen LogP contribution is -2.19. The van der Waals surface area contributed by atoms with E-state index in [1.54, 1.807) is 19.2 Å². The molecule has 0 amide bonds. The Balaban J connectivity index is 2.85. The van der Waals surface area contributed by atoms with E-state index in [1.807, 2.05) is 6.92 Å². The van der Waals surface area contributed by atoms with Crippen LogP contribution >= 0.6 is 28.1 Å². The molecule has 3 nitrogen and oxygen atoms in total. The molecule has 3 N–H and O–H groups in total. The zero-order valence-electron chi connectivity index (χ0n) is 10.3. The first-order chi connectivity index (χ1) is 8.47. The Labute approximate surface area is 120 Å². The van der Waals surface area contributed by atoms with Crippen LogP contribution in [0.4, 0.5) is 10.1 Å². The van der Waals surface area contributed by atoms with Crippen molar-refractivity contribution in [2.75, 3.05) is 19.0 Å². The highest BCUT2D eigenvalue weighted by Crippen LogP contribution is 2.27. The number of hydrogen-bond acceptors (Lipinski definition) is 3. The van der Waals surface area contributed by atoms with Gasteiger partial charge in [-0.05, 0) is 41.4 Å². The number of hydrogen-bond donors (Lipinski definition) is 2. The van der Waals surface area contributed by atoms with Crippen LogP contribution in [0.3, 0.4) is 0 Å². The maximum Gasteiger partial charge on any atom is 0.161 e. The van der Waals surface area contributed by atoms with Gasteiger partial charge in [-0.1, -0.05) is 12.2 Å². The Morgan fingerprint density at radius 1 is 1.61 bits per heavy atom. The lowest BCUT2D eigenvalue weighted by Gasteiger charge is -2.16. The number of methoxy groups -OCH3 is 1. The van der Waals surface area contributed by atoms with Crippen molar-refractivity contribution < 1.29 is 9.13 Å². The Hall–Kier alpha value is -0.720. The number of benzene rings is 1. The standard InChI is InChI=1S/C12H16BrFN2OS/c1-7(5-6-17-2)16-9-4-3-8(12(15)18)10(13)11(9)14/h3-4,7,16H,5-6H2,1-2H3,(H2,15,18). The molecule has 0 aromatic heterocycles. The topological polar surface area (TPSA) is 47.3 Å². The van der Waals surface area contributed by atoms with Crippen LogP contribution in [0.5, 0.6) is 0 Å². The van der Waals surface area contributed by atoms with Gasteiger partial charge in [0.15, 0.2) is 5.82 Å². The third-order valence-corrected chi connectivity index (χ3v) is 3.50. The summed E-state index contributed by atoms with van der Waals surface area (Å²) < 4.78 is 19.3. The van der Waals surface area contributed by atoms with E-state index in [4.69, 9.17) is 22.7 Å². The second-order valence-corrected chi connectivity index (χ2v) is 5.21. The van der Waals surface area contributed by atoms with Crippen molar-refractivity contribution in [3.63, 3.8) is 0 Å². The summed E-state index contributed by atoms with van der Waals surface area (Å²) in [5.41, 5.74) is 6.42. The normalized spacial score (nSPS) is 12.2. The van der Waals surface area contributed by atoms with Crippen LogP contribution in [0, 0.1) is 5.82 Å². The number of thiocarbonyl (C=S) groups is 1. The summed E-state index contributed by atoms with van der Waals surface area (Å²) in [6.07, 6.45) is 0.796. The van der Waals surface area contributed by atoms with Crippen LogP contribution in [0.1, 0.15) is 18.9 Å². The monoisotopic (exact) mass is 334 g/mol. The van der Waals surface area contributed by atoms with Gasteiger partial charge in [0.05, 0.1) is 10.2 Å². The van der Waals surface area contributed by atoms with E-state index in [9.17, 15) is 4.39 Å². The summed E-state index contributed by atoms with van der Waals surface area (Å²) in [6.45, 7) is 2.59. The zero-order chi connectivity index (χ0) is 13.7. The number of anilines is 1. The second-order valence-electron chi connectivity index (χ2n) is 3.98. The van der Waals surface area contributed by atoms with E-state index < -0.39 is 0 Å². The van der Waals surface area contributed by atoms with E-state index >= 15 is 0 Å². The van der Waals surface area contributed by atoms with Gasteiger partial charge in [-0.3, -0.25) is 0 Å². The van der Waals surface area contributed by atoms with Crippen molar-refractivity contribution in [2.45, 2.75) is 19.4 Å². The van der Waals surface area contributed by atoms with Gasteiger partial charge in [-0.25, -0.2) is 4.39 Å². The van der Waals surface area contributed by atoms with E-state index in [-0.39, 0.29) is 16.8 Å². The molecular weight excluding hydrogens is 319 g/mol. The van der Waals surface area contributed by atoms with E-state index in [0.717, 1.165) is 6.42 Å². The van der Waals surface area contributed by atoms with Gasteiger partial charge in [0.25, 0.3) is 0 Å². The van der Waals surface area contributed by atoms with E-state index in [2.05, 4.69) is 21.2 Å². The molecule has 1 atom stereocenters. The van der Waals surface area contributed by atoms with Crippen LogP contribution in [0.2, 0.25) is 0 Å². The zero-order valence-corrected chi connectivity index (χ0v) is 12.7. The molecule has 0 radical (unpaired) electrons. The van der Waals surface area contributed by atoms with Gasteiger partial charge in [-0.15, -0.1) is 0 Å². The molecule has 6 heteroatoms. The molecule has 1 rings (SSSR count). The molecule has 0 saturated carbocycles. The smallest absolute Gasteiger partial charge is 0.161 e. The highest BCUT2D eigenvalue weighted by atomic mass is 79.9. The number of ether oxygens (including phenoxy) is 1. The van der Waals surface area contributed by atoms with Crippen LogP contribution in [0.25, 0.3) is 0 Å². The summed E-state index contributed by atoms with van der Waals surface area (Å²) in [6, 6.07) is 3.45. The molecule has 18 heavy (non-hydrogen) atoms. The van der Waals surface area contributed by atoms with Gasteiger partial charge in [0.1, 0.15) is 4.99 Å². The van der Waals surface area contributed by atoms with Crippen molar-refractivity contribution in [1.82, 2.24) is 0 Å². The molecule has 0 aliphatic rings. The van der Waals surface area contributed by atoms with Crippen LogP contribution in [0.15, 0.2) is 16.6 Å². The summed E-state index contributed by atoms with van der Waals surface area (Å²) in [4.78, 5) is 0.166. The maximum atomic E-state index is 14.0. The molecule has 1 aromatic rings. The highest BCUT2D eigenvalue weighted by Gasteiger charge is 2.14. The number of rotatable bonds is 6. The second kappa shape index (κ2) is 7.01. The first-order valence-corrected chi connectivity index (χ1v) is 6.70. The minimum Gasteiger partial charge on any atom is -0.389 e. The minimum absolute atomic E-state index is 0.113. The molecule has 0 bridgehead atoms. The molecule has 1 unspecified atom stereocenters. The predicted molar refractivity (Wildman–Crippen MR) is 79.6 cm³/mol. The number of halogens is 2. The van der Waals surface area contributed by atoms with Crippen molar-refractivity contribution >= 4 is 38.8 Å². The average molecular weight is 335 g/mol. The van der Waals surface area contributed by atoms with E-state index in [1.165, 1.54) is 0 Å². The Morgan fingerprint density at radius 3 is 2.83 bits per heavy atom. The van der Waals surface area contributed by atoms with Gasteiger partial charge in [0, 0.05) is 25.3 Å². The van der Waals surface area contributed by atoms with E-state index in [0.29, 0.717) is 22.3 Å². The summed E-state index contributed by atoms with van der Waals surface area (Å²) in [7, 11) is 1.64. The van der Waals surface area contributed by atoms with Gasteiger partial charge >= 0.3 is 0 Å². The predicted octanol–water partition coefficient (Wildman–Crippen LogP) is 3.06. The maximum absolute atomic E-state index is 14.0. The van der Waals surface area contributed by atoms with Crippen molar-refractivity contribution in [2.24, 2.45) is 5.73 Å². The lowest BCUT2D eigenvalue weighted by molar-refractivity contribution is 0.191. The summed E-state index contributed by atoms with van der Waals surface area (Å²) in [5.74, 6) is -0.385. The first-order valence-electron chi connectivity index (χ1n) is 5.50. The highest BCUT2D eigenvalue weighted by molar-refractivity contribution is 9.10. The Kier molecular flexibility index (Phi) is 5.98. The van der Waals surface area contributed by atoms with Crippen molar-refractivity contribution in [1.29, 1.82) is 0 Å². The minimum atomic E-state index is -0.385. The van der Waals surface area contributed by atoms with Crippen LogP contribution in [-0.4, -0.2) is 24.7 Å². The molecule has 0 spiro atoms. The summed E-state index contributed by atoms with van der Waals surface area (Å²) >= 11 is 8.01. The average Bonchev–Trinajstić information content (AvgIpc) is 2.32. The van der Waals surface area contributed by atoms with Gasteiger partial charge in [0.2, 0.25) is 0 Å². The van der Waals surface area contributed by atoms with Gasteiger partial charge in [-0.2, -0.15) is 0 Å². The fourth-order valence-electron chi connectivity index (χ4n) is 1.48. The van der Waals surface area contributed by atoms with Gasteiger partial charge < -0.3 is 15.8 Å². The third-order valence-electron chi connectivity index (χ3n) is 2.50. The SMILES string of the molecule is COCCC(C)Nc1ccc(C(N)=S)c(Br)c1F. The molecule has 0 aliphatic carbocycles. The largest absolute Gasteiger partial charge is 0.389 e. The molecule has 0 aliphatic heterocycles. The first kappa shape index (κ1) is 15.3. The molecule has 0 heterocycles. The number of nitrogens with one attached hydrogen (secondary N) is 1. The molecular formula is C12H16BrFN2OS. The van der Waals surface area contributed by atoms with Crippen molar-refractivity contribution in [3.05, 3.63) is 28.0 Å². The molecule has 0 saturated heterocycles. The van der Waals surface area contributed by atoms with Crippen LogP contribution < -0.4 is 11.1 Å². The summed E-state index contributed by atoms with van der Waals surface area (Å²) in [5, 5.41) is 3.08. The molecule has 0 fully saturated rings. The molecule has 100 valence electrons. The Morgan fingerprint density at radius 2 is 2.28 bits per heavy atom. The third kappa shape index (κ3) is 3.90.